The minimum atomic E-state index is 1.09. The van der Waals surface area contributed by atoms with Gasteiger partial charge in [-0.15, -0.1) is 0 Å². The highest BCUT2D eigenvalue weighted by Crippen LogP contribution is 2.46. The topological polar surface area (TPSA) is 24.1 Å². The molecule has 0 spiro atoms. The van der Waals surface area contributed by atoms with Crippen LogP contribution in [-0.2, 0) is 0 Å². The van der Waals surface area contributed by atoms with E-state index >= 15 is 0 Å². The van der Waals surface area contributed by atoms with Crippen LogP contribution in [0.5, 0.6) is 0 Å². The Morgan fingerprint density at radius 2 is 0.765 bits per heavy atom. The van der Waals surface area contributed by atoms with Gasteiger partial charge in [0.05, 0.1) is 0 Å². The van der Waals surface area contributed by atoms with Crippen molar-refractivity contribution in [1.82, 2.24) is 0 Å². The van der Waals surface area contributed by atoms with Crippen LogP contribution in [0.1, 0.15) is 0 Å². The first-order valence-electron chi connectivity index (χ1n) is 11.6. The molecule has 2 N–H and O–H groups in total. The summed E-state index contributed by atoms with van der Waals surface area (Å²) >= 11 is 0. The van der Waals surface area contributed by atoms with Crippen LogP contribution in [0.15, 0.2) is 121 Å². The van der Waals surface area contributed by atoms with E-state index in [1.807, 2.05) is 12.1 Å². The zero-order chi connectivity index (χ0) is 22.5. The molecule has 0 aromatic heterocycles. The van der Waals surface area contributed by atoms with E-state index in [0.29, 0.717) is 0 Å². The van der Waals surface area contributed by atoms with E-state index in [1.54, 1.807) is 0 Å². The standard InChI is InChI=1S/C32H22N2/c1-3-11-23(12-4-1)33-27-19-17-21-9-8-16-26-29(21)31(27)25-15-7-10-22-18-20-28(32(26)30(22)25)34-24-13-5-2-6-14-24/h1-20,33-34H. The molecule has 2 nitrogen and oxygen atoms in total. The quantitative estimate of drug-likeness (QED) is 0.213. The van der Waals surface area contributed by atoms with Gasteiger partial charge in [0.1, 0.15) is 0 Å². The smallest absolute Gasteiger partial charge is 0.0470 e. The Balaban J connectivity index is 1.61. The third-order valence-electron chi connectivity index (χ3n) is 6.74. The van der Waals surface area contributed by atoms with Crippen LogP contribution in [0.2, 0.25) is 0 Å². The largest absolute Gasteiger partial charge is 0.355 e. The molecule has 7 rings (SSSR count). The van der Waals surface area contributed by atoms with Gasteiger partial charge in [0.25, 0.3) is 0 Å². The molecular formula is C32H22N2. The van der Waals surface area contributed by atoms with Gasteiger partial charge in [-0.2, -0.15) is 0 Å². The second kappa shape index (κ2) is 7.50. The average Bonchev–Trinajstić information content (AvgIpc) is 2.89. The lowest BCUT2D eigenvalue weighted by atomic mass is 9.88. The second-order valence-electron chi connectivity index (χ2n) is 8.77. The molecular weight excluding hydrogens is 412 g/mol. The summed E-state index contributed by atoms with van der Waals surface area (Å²) in [6.45, 7) is 0. The number of benzene rings is 7. The molecule has 0 aliphatic rings. The molecule has 7 aromatic rings. The Morgan fingerprint density at radius 1 is 0.324 bits per heavy atom. The number of hydrogen-bond acceptors (Lipinski definition) is 2. The average molecular weight is 435 g/mol. The van der Waals surface area contributed by atoms with Crippen LogP contribution in [0.25, 0.3) is 43.1 Å². The fraction of sp³-hybridized carbons (Fsp3) is 0. The van der Waals surface area contributed by atoms with Gasteiger partial charge in [0, 0.05) is 33.5 Å². The van der Waals surface area contributed by atoms with Crippen LogP contribution < -0.4 is 10.6 Å². The third kappa shape index (κ3) is 2.89. The molecule has 0 aliphatic carbocycles. The molecule has 0 amide bonds. The van der Waals surface area contributed by atoms with Crippen molar-refractivity contribution in [2.24, 2.45) is 0 Å². The van der Waals surface area contributed by atoms with Gasteiger partial charge >= 0.3 is 0 Å². The fourth-order valence-corrected chi connectivity index (χ4v) is 5.30. The molecule has 160 valence electrons. The minimum Gasteiger partial charge on any atom is -0.355 e. The summed E-state index contributed by atoms with van der Waals surface area (Å²) in [6, 6.07) is 43.0. The molecule has 0 unspecified atom stereocenters. The fourth-order valence-electron chi connectivity index (χ4n) is 5.30. The maximum Gasteiger partial charge on any atom is 0.0470 e. The maximum atomic E-state index is 3.69. The predicted molar refractivity (Wildman–Crippen MR) is 147 cm³/mol. The number of nitrogens with one attached hydrogen (secondary N) is 2. The minimum absolute atomic E-state index is 1.09. The van der Waals surface area contributed by atoms with Gasteiger partial charge in [0.15, 0.2) is 0 Å². The van der Waals surface area contributed by atoms with Gasteiger partial charge in [0.2, 0.25) is 0 Å². The molecule has 2 heteroatoms. The molecule has 0 atom stereocenters. The monoisotopic (exact) mass is 434 g/mol. The van der Waals surface area contributed by atoms with E-state index in [4.69, 9.17) is 0 Å². The SMILES string of the molecule is c1ccc(Nc2ccc3cccc4c5c(Nc6ccccc6)ccc6cccc(c2c34)c65)cc1. The van der Waals surface area contributed by atoms with Crippen molar-refractivity contribution in [2.45, 2.75) is 0 Å². The van der Waals surface area contributed by atoms with Crippen LogP contribution in [-0.4, -0.2) is 0 Å². The number of fused-ring (bicyclic) bond motifs is 2. The van der Waals surface area contributed by atoms with Crippen LogP contribution >= 0.6 is 0 Å². The van der Waals surface area contributed by atoms with Crippen molar-refractivity contribution < 1.29 is 0 Å². The summed E-state index contributed by atoms with van der Waals surface area (Å²) < 4.78 is 0. The molecule has 34 heavy (non-hydrogen) atoms. The van der Waals surface area contributed by atoms with Crippen LogP contribution in [0, 0.1) is 0 Å². The first-order valence-corrected chi connectivity index (χ1v) is 11.6. The van der Waals surface area contributed by atoms with Gasteiger partial charge in [-0.05, 0) is 68.7 Å². The van der Waals surface area contributed by atoms with Crippen LogP contribution in [0.4, 0.5) is 22.7 Å². The Labute approximate surface area is 197 Å². The highest BCUT2D eigenvalue weighted by atomic mass is 14.9. The highest BCUT2D eigenvalue weighted by Gasteiger charge is 2.18. The molecule has 0 aliphatic heterocycles. The van der Waals surface area contributed by atoms with E-state index in [-0.39, 0.29) is 0 Å². The molecule has 0 radical (unpaired) electrons. The van der Waals surface area contributed by atoms with E-state index < -0.39 is 0 Å². The zero-order valence-electron chi connectivity index (χ0n) is 18.5. The van der Waals surface area contributed by atoms with Crippen molar-refractivity contribution in [2.75, 3.05) is 10.6 Å². The Hall–Kier alpha value is -4.56. The summed E-state index contributed by atoms with van der Waals surface area (Å²) in [5.41, 5.74) is 4.44. The number of anilines is 4. The van der Waals surface area contributed by atoms with Gasteiger partial charge in [-0.1, -0.05) is 84.9 Å². The third-order valence-corrected chi connectivity index (χ3v) is 6.74. The van der Waals surface area contributed by atoms with Crippen molar-refractivity contribution in [1.29, 1.82) is 0 Å². The first-order chi connectivity index (χ1) is 16.9. The molecule has 0 heterocycles. The highest BCUT2D eigenvalue weighted by molar-refractivity contribution is 6.37. The zero-order valence-corrected chi connectivity index (χ0v) is 18.5. The second-order valence-corrected chi connectivity index (χ2v) is 8.77. The molecule has 0 saturated heterocycles. The van der Waals surface area contributed by atoms with Crippen molar-refractivity contribution in [3.63, 3.8) is 0 Å². The Kier molecular flexibility index (Phi) is 4.18. The van der Waals surface area contributed by atoms with Gasteiger partial charge in [-0.3, -0.25) is 0 Å². The predicted octanol–water partition coefficient (Wildman–Crippen LogP) is 9.22. The van der Waals surface area contributed by atoms with Gasteiger partial charge in [-0.25, -0.2) is 0 Å². The maximum absolute atomic E-state index is 3.69. The lowest BCUT2D eigenvalue weighted by Crippen LogP contribution is -1.96. The van der Waals surface area contributed by atoms with Crippen molar-refractivity contribution in [3.8, 4) is 0 Å². The normalized spacial score (nSPS) is 11.5. The Bertz CT molecular complexity index is 1650. The summed E-state index contributed by atoms with van der Waals surface area (Å²) in [4.78, 5) is 0. The van der Waals surface area contributed by atoms with Crippen molar-refractivity contribution >= 4 is 65.8 Å². The summed E-state index contributed by atoms with van der Waals surface area (Å²) in [6.07, 6.45) is 0. The van der Waals surface area contributed by atoms with E-state index in [0.717, 1.165) is 22.7 Å². The molecule has 7 aromatic carbocycles. The van der Waals surface area contributed by atoms with Crippen LogP contribution in [0.3, 0.4) is 0 Å². The lowest BCUT2D eigenvalue weighted by molar-refractivity contribution is 1.58. The van der Waals surface area contributed by atoms with E-state index in [9.17, 15) is 0 Å². The van der Waals surface area contributed by atoms with Crippen molar-refractivity contribution in [3.05, 3.63) is 121 Å². The molecule has 0 bridgehead atoms. The summed E-state index contributed by atoms with van der Waals surface area (Å²) in [5.74, 6) is 0. The van der Waals surface area contributed by atoms with E-state index in [1.165, 1.54) is 43.1 Å². The molecule has 0 saturated carbocycles. The number of para-hydroxylation sites is 2. The first kappa shape index (κ1) is 19.0. The number of hydrogen-bond donors (Lipinski definition) is 2. The molecule has 0 fully saturated rings. The summed E-state index contributed by atoms with van der Waals surface area (Å²) in [5, 5.41) is 17.6. The lowest BCUT2D eigenvalue weighted by Gasteiger charge is -2.20. The summed E-state index contributed by atoms with van der Waals surface area (Å²) in [7, 11) is 0. The Morgan fingerprint density at radius 3 is 1.21 bits per heavy atom. The van der Waals surface area contributed by atoms with Gasteiger partial charge < -0.3 is 10.6 Å². The van der Waals surface area contributed by atoms with E-state index in [2.05, 4.69) is 120 Å². The number of rotatable bonds is 4.